The molecule has 0 aromatic heterocycles. The van der Waals surface area contributed by atoms with Gasteiger partial charge in [0.1, 0.15) is 12.6 Å². The average molecular weight is 584 g/mol. The molecule has 3 aromatic rings. The van der Waals surface area contributed by atoms with Gasteiger partial charge >= 0.3 is 0 Å². The molecule has 0 aliphatic heterocycles. The van der Waals surface area contributed by atoms with Crippen molar-refractivity contribution in [2.75, 3.05) is 10.8 Å². The summed E-state index contributed by atoms with van der Waals surface area (Å²) in [5.74, 6) is -0.743. The first-order valence-electron chi connectivity index (χ1n) is 13.5. The molecule has 2 amide bonds. The maximum Gasteiger partial charge on any atom is 0.264 e. The molecule has 9 heteroatoms. The van der Waals surface area contributed by atoms with E-state index < -0.39 is 28.5 Å². The standard InChI is InChI=1S/C31H38ClN3O4S/c1-6-24(5)33-31(37)28(7-2)34(20-25-14-12-22(3)13-15-25)30(36)21-35(29-11-9-8-10-23(29)4)40(38,39)27-18-16-26(32)17-19-27/h8-19,24,28H,6-7,20-21H2,1-5H3,(H,33,37). The van der Waals surface area contributed by atoms with Crippen LogP contribution in [0.2, 0.25) is 5.02 Å². The number of rotatable bonds is 12. The number of aryl methyl sites for hydroxylation is 2. The van der Waals surface area contributed by atoms with Crippen molar-refractivity contribution in [1.82, 2.24) is 10.2 Å². The number of hydrogen-bond acceptors (Lipinski definition) is 4. The molecule has 2 atom stereocenters. The van der Waals surface area contributed by atoms with E-state index in [2.05, 4.69) is 5.32 Å². The first kappa shape index (κ1) is 31.2. The number of carbonyl (C=O) groups excluding carboxylic acids is 2. The van der Waals surface area contributed by atoms with E-state index in [1.807, 2.05) is 58.0 Å². The van der Waals surface area contributed by atoms with Crippen molar-refractivity contribution in [3.8, 4) is 0 Å². The molecule has 3 rings (SSSR count). The van der Waals surface area contributed by atoms with Crippen molar-refractivity contribution in [2.24, 2.45) is 0 Å². The van der Waals surface area contributed by atoms with Crippen molar-refractivity contribution < 1.29 is 18.0 Å². The van der Waals surface area contributed by atoms with Gasteiger partial charge in [-0.2, -0.15) is 0 Å². The van der Waals surface area contributed by atoms with Crippen LogP contribution in [0.1, 0.15) is 50.3 Å². The summed E-state index contributed by atoms with van der Waals surface area (Å²) in [5, 5.41) is 3.39. The van der Waals surface area contributed by atoms with E-state index in [1.165, 1.54) is 29.2 Å². The Hall–Kier alpha value is -3.36. The van der Waals surface area contributed by atoms with Gasteiger partial charge in [0, 0.05) is 17.6 Å². The maximum absolute atomic E-state index is 14.1. The molecular formula is C31H38ClN3O4S. The molecule has 0 saturated heterocycles. The fourth-order valence-electron chi connectivity index (χ4n) is 4.34. The Labute approximate surface area is 243 Å². The Kier molecular flexibility index (Phi) is 10.8. The van der Waals surface area contributed by atoms with Gasteiger partial charge in [-0.25, -0.2) is 8.42 Å². The molecule has 0 aliphatic carbocycles. The van der Waals surface area contributed by atoms with Gasteiger partial charge < -0.3 is 10.2 Å². The van der Waals surface area contributed by atoms with Crippen LogP contribution in [0, 0.1) is 13.8 Å². The summed E-state index contributed by atoms with van der Waals surface area (Å²) >= 11 is 6.02. The van der Waals surface area contributed by atoms with Crippen molar-refractivity contribution in [1.29, 1.82) is 0 Å². The molecule has 2 unspecified atom stereocenters. The third-order valence-corrected chi connectivity index (χ3v) is 8.95. The number of anilines is 1. The minimum Gasteiger partial charge on any atom is -0.352 e. The molecule has 7 nitrogen and oxygen atoms in total. The molecule has 0 bridgehead atoms. The summed E-state index contributed by atoms with van der Waals surface area (Å²) in [6.45, 7) is 9.19. The fraction of sp³-hybridized carbons (Fsp3) is 0.355. The van der Waals surface area contributed by atoms with Crippen LogP contribution in [0.3, 0.4) is 0 Å². The highest BCUT2D eigenvalue weighted by Crippen LogP contribution is 2.28. The minimum atomic E-state index is -4.15. The van der Waals surface area contributed by atoms with Gasteiger partial charge in [0.25, 0.3) is 10.0 Å². The highest BCUT2D eigenvalue weighted by atomic mass is 35.5. The molecule has 0 spiro atoms. The van der Waals surface area contributed by atoms with Gasteiger partial charge in [-0.1, -0.05) is 73.5 Å². The lowest BCUT2D eigenvalue weighted by molar-refractivity contribution is -0.140. The molecule has 0 heterocycles. The van der Waals surface area contributed by atoms with Gasteiger partial charge in [-0.15, -0.1) is 0 Å². The summed E-state index contributed by atoms with van der Waals surface area (Å²) in [6, 6.07) is 19.7. The zero-order valence-electron chi connectivity index (χ0n) is 23.7. The maximum atomic E-state index is 14.1. The van der Waals surface area contributed by atoms with E-state index in [4.69, 9.17) is 11.6 Å². The van der Waals surface area contributed by atoms with Crippen LogP contribution in [0.5, 0.6) is 0 Å². The highest BCUT2D eigenvalue weighted by molar-refractivity contribution is 7.92. The van der Waals surface area contributed by atoms with Crippen molar-refractivity contribution in [3.05, 3.63) is 94.5 Å². The molecular weight excluding hydrogens is 546 g/mol. The second kappa shape index (κ2) is 13.8. The Bertz CT molecular complexity index is 1410. The van der Waals surface area contributed by atoms with Crippen LogP contribution in [0.4, 0.5) is 5.69 Å². The van der Waals surface area contributed by atoms with Gasteiger partial charge in [0.2, 0.25) is 11.8 Å². The summed E-state index contributed by atoms with van der Waals surface area (Å²) < 4.78 is 29.0. The van der Waals surface area contributed by atoms with E-state index in [0.29, 0.717) is 22.7 Å². The van der Waals surface area contributed by atoms with Gasteiger partial charge in [-0.3, -0.25) is 13.9 Å². The van der Waals surface area contributed by atoms with Crippen LogP contribution < -0.4 is 9.62 Å². The van der Waals surface area contributed by atoms with E-state index in [9.17, 15) is 18.0 Å². The largest absolute Gasteiger partial charge is 0.352 e. The fourth-order valence-corrected chi connectivity index (χ4v) is 5.95. The molecule has 0 saturated carbocycles. The SMILES string of the molecule is CCC(C)NC(=O)C(CC)N(Cc1ccc(C)cc1)C(=O)CN(c1ccccc1C)S(=O)(=O)c1ccc(Cl)cc1. The third kappa shape index (κ3) is 7.64. The van der Waals surface area contributed by atoms with Crippen LogP contribution in [0.25, 0.3) is 0 Å². The topological polar surface area (TPSA) is 86.8 Å². The molecule has 1 N–H and O–H groups in total. The van der Waals surface area contributed by atoms with Crippen molar-refractivity contribution in [2.45, 2.75) is 71.0 Å². The number of carbonyl (C=O) groups is 2. The molecule has 0 fully saturated rings. The third-order valence-electron chi connectivity index (χ3n) is 6.93. The number of halogens is 1. The molecule has 40 heavy (non-hydrogen) atoms. The number of nitrogens with zero attached hydrogens (tertiary/aromatic N) is 2. The number of hydrogen-bond donors (Lipinski definition) is 1. The minimum absolute atomic E-state index is 0.0135. The number of para-hydroxylation sites is 1. The zero-order chi connectivity index (χ0) is 29.4. The predicted octanol–water partition coefficient (Wildman–Crippen LogP) is 5.87. The summed E-state index contributed by atoms with van der Waals surface area (Å²) in [7, 11) is -4.15. The number of nitrogens with one attached hydrogen (secondary N) is 1. The highest BCUT2D eigenvalue weighted by Gasteiger charge is 2.34. The lowest BCUT2D eigenvalue weighted by Crippen LogP contribution is -2.53. The smallest absolute Gasteiger partial charge is 0.264 e. The van der Waals surface area contributed by atoms with Gasteiger partial charge in [-0.05, 0) is 75.1 Å². The summed E-state index contributed by atoms with van der Waals surface area (Å²) in [6.07, 6.45) is 1.11. The van der Waals surface area contributed by atoms with Crippen LogP contribution in [0.15, 0.2) is 77.7 Å². The Balaban J connectivity index is 2.06. The Morgan fingerprint density at radius 3 is 2.10 bits per heavy atom. The summed E-state index contributed by atoms with van der Waals surface area (Å²) in [4.78, 5) is 29.0. The first-order chi connectivity index (χ1) is 19.0. The normalized spacial score (nSPS) is 12.8. The molecule has 214 valence electrons. The summed E-state index contributed by atoms with van der Waals surface area (Å²) in [5.41, 5.74) is 3.00. The molecule has 0 aliphatic rings. The zero-order valence-corrected chi connectivity index (χ0v) is 25.3. The van der Waals surface area contributed by atoms with E-state index in [-0.39, 0.29) is 23.4 Å². The Morgan fingerprint density at radius 2 is 1.52 bits per heavy atom. The van der Waals surface area contributed by atoms with Crippen LogP contribution in [-0.4, -0.2) is 43.8 Å². The van der Waals surface area contributed by atoms with Crippen LogP contribution >= 0.6 is 11.6 Å². The van der Waals surface area contributed by atoms with Crippen molar-refractivity contribution >= 4 is 39.1 Å². The van der Waals surface area contributed by atoms with Crippen LogP contribution in [-0.2, 0) is 26.2 Å². The van der Waals surface area contributed by atoms with Gasteiger partial charge in [0.15, 0.2) is 0 Å². The second-order valence-corrected chi connectivity index (χ2v) is 12.3. The van der Waals surface area contributed by atoms with E-state index >= 15 is 0 Å². The number of benzene rings is 3. The number of sulfonamides is 1. The van der Waals surface area contributed by atoms with Crippen molar-refractivity contribution in [3.63, 3.8) is 0 Å². The first-order valence-corrected chi connectivity index (χ1v) is 15.3. The van der Waals surface area contributed by atoms with E-state index in [0.717, 1.165) is 21.9 Å². The second-order valence-electron chi connectivity index (χ2n) is 10.0. The predicted molar refractivity (Wildman–Crippen MR) is 161 cm³/mol. The van der Waals surface area contributed by atoms with E-state index in [1.54, 1.807) is 25.1 Å². The number of amides is 2. The molecule has 0 radical (unpaired) electrons. The molecule has 3 aromatic carbocycles. The monoisotopic (exact) mass is 583 g/mol. The quantitative estimate of drug-likeness (QED) is 0.289. The lowest BCUT2D eigenvalue weighted by atomic mass is 10.1. The average Bonchev–Trinajstić information content (AvgIpc) is 2.93. The Morgan fingerprint density at radius 1 is 0.900 bits per heavy atom. The lowest BCUT2D eigenvalue weighted by Gasteiger charge is -2.34. The van der Waals surface area contributed by atoms with Gasteiger partial charge in [0.05, 0.1) is 10.6 Å².